The lowest BCUT2D eigenvalue weighted by Crippen LogP contribution is -2.34. The van der Waals surface area contributed by atoms with E-state index in [1.165, 1.54) is 30.9 Å². The molecule has 3 fully saturated rings. The minimum absolute atomic E-state index is 0.260. The van der Waals surface area contributed by atoms with Gasteiger partial charge in [-0.3, -0.25) is 4.79 Å². The van der Waals surface area contributed by atoms with Crippen molar-refractivity contribution in [2.24, 2.45) is 29.1 Å². The van der Waals surface area contributed by atoms with Gasteiger partial charge in [-0.15, -0.1) is 0 Å². The summed E-state index contributed by atoms with van der Waals surface area (Å²) < 4.78 is 5.18. The monoisotopic (exact) mass is 416 g/mol. The minimum atomic E-state index is -0.530. The van der Waals surface area contributed by atoms with Gasteiger partial charge in [-0.1, -0.05) is 44.2 Å². The molecule has 0 bridgehead atoms. The highest BCUT2D eigenvalue weighted by atomic mass is 16.6. The van der Waals surface area contributed by atoms with Crippen molar-refractivity contribution in [3.05, 3.63) is 36.5 Å². The fourth-order valence-electron chi connectivity index (χ4n) is 6.07. The molecule has 0 heterocycles. The molecular weight excluding hydrogens is 372 g/mol. The summed E-state index contributed by atoms with van der Waals surface area (Å²) in [5.74, 6) is 2.41. The van der Waals surface area contributed by atoms with Gasteiger partial charge in [-0.2, -0.15) is 0 Å². The summed E-state index contributed by atoms with van der Waals surface area (Å²) in [5, 5.41) is 10.6. The number of carbonyl (C=O) groups is 1. The highest BCUT2D eigenvalue weighted by Crippen LogP contribution is 2.71. The summed E-state index contributed by atoms with van der Waals surface area (Å²) in [4.78, 5) is 10.8. The van der Waals surface area contributed by atoms with Crippen molar-refractivity contribution < 1.29 is 14.6 Å². The van der Waals surface area contributed by atoms with Crippen molar-refractivity contribution in [3.63, 3.8) is 0 Å². The molecular formula is C27H44O3. The highest BCUT2D eigenvalue weighted by molar-refractivity contribution is 5.66. The molecule has 0 aromatic rings. The molecule has 0 spiro atoms. The summed E-state index contributed by atoms with van der Waals surface area (Å²) >= 11 is 0. The molecule has 0 saturated heterocycles. The molecule has 170 valence electrons. The van der Waals surface area contributed by atoms with Crippen LogP contribution in [0.25, 0.3) is 0 Å². The van der Waals surface area contributed by atoms with Gasteiger partial charge in [0.2, 0.25) is 0 Å². The van der Waals surface area contributed by atoms with Crippen molar-refractivity contribution in [2.45, 2.75) is 98.2 Å². The number of esters is 1. The predicted molar refractivity (Wildman–Crippen MR) is 125 cm³/mol. The Bertz CT molecular complexity index is 695. The van der Waals surface area contributed by atoms with Crippen LogP contribution in [0.5, 0.6) is 0 Å². The van der Waals surface area contributed by atoms with Gasteiger partial charge in [0.05, 0.1) is 5.60 Å². The van der Waals surface area contributed by atoms with Gasteiger partial charge in [0, 0.05) is 6.92 Å². The van der Waals surface area contributed by atoms with Gasteiger partial charge in [-0.05, 0) is 101 Å². The Balaban J connectivity index is 0.000000217. The molecule has 3 aliphatic carbocycles. The number of aliphatic hydroxyl groups is 1. The van der Waals surface area contributed by atoms with Crippen molar-refractivity contribution in [3.8, 4) is 0 Å². The average Bonchev–Trinajstić information content (AvgIpc) is 3.06. The van der Waals surface area contributed by atoms with Gasteiger partial charge in [0.1, 0.15) is 5.60 Å². The number of allylic oxidation sites excluding steroid dienone is 3. The highest BCUT2D eigenvalue weighted by Gasteiger charge is 2.67. The van der Waals surface area contributed by atoms with Gasteiger partial charge in [-0.25, -0.2) is 0 Å². The van der Waals surface area contributed by atoms with Crippen LogP contribution in [0, 0.1) is 29.1 Å². The van der Waals surface area contributed by atoms with Crippen LogP contribution in [0.15, 0.2) is 36.5 Å². The second-order valence-electron chi connectivity index (χ2n) is 11.1. The molecule has 3 heteroatoms. The van der Waals surface area contributed by atoms with E-state index in [1.807, 2.05) is 6.92 Å². The van der Waals surface area contributed by atoms with E-state index in [2.05, 4.69) is 53.9 Å². The largest absolute Gasteiger partial charge is 0.455 e. The Morgan fingerprint density at radius 1 is 1.23 bits per heavy atom. The molecule has 3 aliphatic rings. The van der Waals surface area contributed by atoms with Crippen molar-refractivity contribution in [1.29, 1.82) is 0 Å². The summed E-state index contributed by atoms with van der Waals surface area (Å²) in [7, 11) is 0. The Labute approximate surface area is 184 Å². The lowest BCUT2D eigenvalue weighted by Gasteiger charge is -2.31. The van der Waals surface area contributed by atoms with E-state index in [1.54, 1.807) is 6.08 Å². The number of ether oxygens (including phenoxy) is 1. The second kappa shape index (κ2) is 9.02. The summed E-state index contributed by atoms with van der Waals surface area (Å²) in [6.45, 7) is 22.2. The molecule has 0 aromatic heterocycles. The van der Waals surface area contributed by atoms with E-state index in [9.17, 15) is 9.90 Å². The standard InChI is InChI=1S/C15H24O.C12H20O2/c1-9-5-6-11-13(14(11,2)3)12-10(9)7-8-15(12,4)16;1-6-12(5,14-11(4)13)9-7-8-10(2)3/h10-13,16H,1,5-8H2,2-4H3;6,8H,1,7,9H2,2-5H3/t10-,11+,12+,13+,15-;/m0./s1. The van der Waals surface area contributed by atoms with E-state index in [0.29, 0.717) is 17.3 Å². The second-order valence-corrected chi connectivity index (χ2v) is 11.1. The van der Waals surface area contributed by atoms with Crippen LogP contribution in [0.2, 0.25) is 0 Å². The third-order valence-corrected chi connectivity index (χ3v) is 7.94. The SMILES string of the molecule is C=C1CC[C@@H]2[C@H]([C@H]3[C@H]1CC[C@]3(C)O)C2(C)C.C=CC(C)(CCC=C(C)C)OC(C)=O. The van der Waals surface area contributed by atoms with E-state index >= 15 is 0 Å². The van der Waals surface area contributed by atoms with Gasteiger partial charge < -0.3 is 9.84 Å². The molecule has 30 heavy (non-hydrogen) atoms. The molecule has 0 amide bonds. The Hall–Kier alpha value is -1.35. The Kier molecular flexibility index (Phi) is 7.49. The first-order valence-electron chi connectivity index (χ1n) is 11.6. The summed E-state index contributed by atoms with van der Waals surface area (Å²) in [5.41, 5.74) is 2.20. The van der Waals surface area contributed by atoms with Crippen LogP contribution in [-0.4, -0.2) is 22.3 Å². The molecule has 0 aromatic carbocycles. The fraction of sp³-hybridized carbons (Fsp3) is 0.741. The van der Waals surface area contributed by atoms with Crippen LogP contribution in [0.1, 0.15) is 87.0 Å². The maximum atomic E-state index is 10.8. The van der Waals surface area contributed by atoms with Crippen LogP contribution in [-0.2, 0) is 9.53 Å². The number of carbonyl (C=O) groups excluding carboxylic acids is 1. The molecule has 1 unspecified atom stereocenters. The predicted octanol–water partition coefficient (Wildman–Crippen LogP) is 6.63. The van der Waals surface area contributed by atoms with E-state index in [-0.39, 0.29) is 5.97 Å². The van der Waals surface area contributed by atoms with Gasteiger partial charge in [0.15, 0.2) is 0 Å². The third-order valence-electron chi connectivity index (χ3n) is 7.94. The maximum Gasteiger partial charge on any atom is 0.303 e. The maximum absolute atomic E-state index is 10.8. The molecule has 1 N–H and O–H groups in total. The first-order chi connectivity index (χ1) is 13.7. The molecule has 3 saturated carbocycles. The zero-order valence-corrected chi connectivity index (χ0v) is 20.4. The lowest BCUT2D eigenvalue weighted by molar-refractivity contribution is -0.151. The van der Waals surface area contributed by atoms with Crippen LogP contribution in [0.3, 0.4) is 0 Å². The van der Waals surface area contributed by atoms with Crippen LogP contribution >= 0.6 is 0 Å². The fourth-order valence-corrected chi connectivity index (χ4v) is 6.07. The number of hydrogen-bond donors (Lipinski definition) is 1. The van der Waals surface area contributed by atoms with Crippen LogP contribution in [0.4, 0.5) is 0 Å². The van der Waals surface area contributed by atoms with Crippen molar-refractivity contribution in [1.82, 2.24) is 0 Å². The zero-order valence-electron chi connectivity index (χ0n) is 20.4. The van der Waals surface area contributed by atoms with Crippen molar-refractivity contribution in [2.75, 3.05) is 0 Å². The van der Waals surface area contributed by atoms with E-state index in [0.717, 1.165) is 37.5 Å². The molecule has 0 aliphatic heterocycles. The average molecular weight is 417 g/mol. The minimum Gasteiger partial charge on any atom is -0.455 e. The number of fused-ring (bicyclic) bond motifs is 3. The Morgan fingerprint density at radius 2 is 1.87 bits per heavy atom. The van der Waals surface area contributed by atoms with E-state index in [4.69, 9.17) is 4.74 Å². The molecule has 3 rings (SSSR count). The van der Waals surface area contributed by atoms with Crippen LogP contribution < -0.4 is 0 Å². The molecule has 6 atom stereocenters. The van der Waals surface area contributed by atoms with Crippen molar-refractivity contribution >= 4 is 5.97 Å². The van der Waals surface area contributed by atoms with E-state index < -0.39 is 11.2 Å². The van der Waals surface area contributed by atoms with Gasteiger partial charge in [0.25, 0.3) is 0 Å². The summed E-state index contributed by atoms with van der Waals surface area (Å²) in [6, 6.07) is 0. The zero-order chi connectivity index (χ0) is 22.9. The first-order valence-corrected chi connectivity index (χ1v) is 11.6. The molecule has 3 nitrogen and oxygen atoms in total. The normalized spacial score (nSPS) is 35.4. The molecule has 0 radical (unpaired) electrons. The van der Waals surface area contributed by atoms with Gasteiger partial charge >= 0.3 is 5.97 Å². The quantitative estimate of drug-likeness (QED) is 0.404. The third kappa shape index (κ3) is 5.46. The first kappa shape index (κ1) is 24.9. The Morgan fingerprint density at radius 3 is 2.40 bits per heavy atom. The topological polar surface area (TPSA) is 46.5 Å². The summed E-state index contributed by atoms with van der Waals surface area (Å²) in [6.07, 6.45) is 10.1. The smallest absolute Gasteiger partial charge is 0.303 e. The number of rotatable bonds is 5. The number of hydrogen-bond acceptors (Lipinski definition) is 3. The lowest BCUT2D eigenvalue weighted by atomic mass is 9.78.